The molecule has 4 nitrogen and oxygen atoms in total. The summed E-state index contributed by atoms with van der Waals surface area (Å²) in [5.74, 6) is 0.280. The van der Waals surface area contributed by atoms with Crippen LogP contribution in [-0.4, -0.2) is 16.4 Å². The van der Waals surface area contributed by atoms with Crippen molar-refractivity contribution >= 4 is 6.29 Å². The van der Waals surface area contributed by atoms with Crippen molar-refractivity contribution in [3.8, 4) is 11.5 Å². The van der Waals surface area contributed by atoms with Crippen molar-refractivity contribution in [2.24, 2.45) is 0 Å². The Morgan fingerprint density at radius 3 is 2.73 bits per heavy atom. The Morgan fingerprint density at radius 2 is 2.07 bits per heavy atom. The highest BCUT2D eigenvalue weighted by molar-refractivity contribution is 5.55. The van der Waals surface area contributed by atoms with Crippen LogP contribution in [0.1, 0.15) is 5.82 Å². The first-order valence-electron chi connectivity index (χ1n) is 4.32. The SMILES string of the molecule is O=CCc1noc(-c2ccc(F)cc2)n1. The topological polar surface area (TPSA) is 56.0 Å². The summed E-state index contributed by atoms with van der Waals surface area (Å²) in [5.41, 5.74) is 0.626. The molecule has 2 aromatic rings. The number of aldehydes is 1. The Hall–Kier alpha value is -2.04. The van der Waals surface area contributed by atoms with E-state index in [0.29, 0.717) is 17.7 Å². The molecule has 0 bridgehead atoms. The highest BCUT2D eigenvalue weighted by Crippen LogP contribution is 2.17. The van der Waals surface area contributed by atoms with E-state index >= 15 is 0 Å². The zero-order chi connectivity index (χ0) is 10.7. The average Bonchev–Trinajstić information content (AvgIpc) is 2.68. The lowest BCUT2D eigenvalue weighted by atomic mass is 10.2. The molecule has 1 aromatic heterocycles. The molecule has 76 valence electrons. The van der Waals surface area contributed by atoms with Gasteiger partial charge in [-0.2, -0.15) is 4.98 Å². The molecule has 0 aliphatic heterocycles. The van der Waals surface area contributed by atoms with Crippen LogP contribution in [0.5, 0.6) is 0 Å². The van der Waals surface area contributed by atoms with E-state index in [1.807, 2.05) is 0 Å². The van der Waals surface area contributed by atoms with Gasteiger partial charge in [-0.25, -0.2) is 4.39 Å². The van der Waals surface area contributed by atoms with Gasteiger partial charge in [-0.1, -0.05) is 5.16 Å². The highest BCUT2D eigenvalue weighted by atomic mass is 19.1. The van der Waals surface area contributed by atoms with Gasteiger partial charge in [0.05, 0.1) is 6.42 Å². The van der Waals surface area contributed by atoms with Gasteiger partial charge in [0.25, 0.3) is 5.89 Å². The molecule has 0 aliphatic rings. The fourth-order valence-electron chi connectivity index (χ4n) is 1.12. The first kappa shape index (κ1) is 9.51. The van der Waals surface area contributed by atoms with Crippen LogP contribution in [0.15, 0.2) is 28.8 Å². The fraction of sp³-hybridized carbons (Fsp3) is 0.100. The fourth-order valence-corrected chi connectivity index (χ4v) is 1.12. The van der Waals surface area contributed by atoms with Crippen LogP contribution in [-0.2, 0) is 11.2 Å². The summed E-state index contributed by atoms with van der Waals surface area (Å²) in [6, 6.07) is 5.68. The van der Waals surface area contributed by atoms with Crippen LogP contribution < -0.4 is 0 Å². The molecular formula is C10H7FN2O2. The van der Waals surface area contributed by atoms with Crippen molar-refractivity contribution in [2.45, 2.75) is 6.42 Å². The molecule has 0 radical (unpaired) electrons. The maximum atomic E-state index is 12.6. The Balaban J connectivity index is 2.28. The van der Waals surface area contributed by atoms with Gasteiger partial charge in [-0.15, -0.1) is 0 Å². The van der Waals surface area contributed by atoms with E-state index in [0.717, 1.165) is 0 Å². The number of halogens is 1. The van der Waals surface area contributed by atoms with Crippen LogP contribution >= 0.6 is 0 Å². The van der Waals surface area contributed by atoms with E-state index < -0.39 is 0 Å². The molecule has 0 saturated carbocycles. The van der Waals surface area contributed by atoms with Crippen molar-refractivity contribution in [1.82, 2.24) is 10.1 Å². The summed E-state index contributed by atoms with van der Waals surface area (Å²) in [5, 5.41) is 3.59. The van der Waals surface area contributed by atoms with Crippen LogP contribution in [0.2, 0.25) is 0 Å². The van der Waals surface area contributed by atoms with Crippen molar-refractivity contribution in [3.63, 3.8) is 0 Å². The summed E-state index contributed by atoms with van der Waals surface area (Å²) in [6.07, 6.45) is 0.810. The van der Waals surface area contributed by atoms with E-state index in [9.17, 15) is 9.18 Å². The van der Waals surface area contributed by atoms with E-state index in [-0.39, 0.29) is 18.1 Å². The second kappa shape index (κ2) is 4.00. The van der Waals surface area contributed by atoms with E-state index in [1.54, 1.807) is 0 Å². The lowest BCUT2D eigenvalue weighted by Crippen LogP contribution is -1.87. The van der Waals surface area contributed by atoms with Gasteiger partial charge in [0, 0.05) is 5.56 Å². The highest BCUT2D eigenvalue weighted by Gasteiger charge is 2.07. The third-order valence-electron chi connectivity index (χ3n) is 1.83. The Kier molecular flexibility index (Phi) is 2.53. The number of carbonyl (C=O) groups is 1. The number of nitrogens with zero attached hydrogens (tertiary/aromatic N) is 2. The summed E-state index contributed by atoms with van der Waals surface area (Å²) in [4.78, 5) is 14.2. The number of hydrogen-bond acceptors (Lipinski definition) is 4. The maximum absolute atomic E-state index is 12.6. The quantitative estimate of drug-likeness (QED) is 0.716. The molecule has 0 atom stereocenters. The predicted molar refractivity (Wildman–Crippen MR) is 49.5 cm³/mol. The second-order valence-electron chi connectivity index (χ2n) is 2.89. The molecule has 1 heterocycles. The summed E-state index contributed by atoms with van der Waals surface area (Å²) < 4.78 is 17.5. The van der Waals surface area contributed by atoms with Crippen LogP contribution in [0.3, 0.4) is 0 Å². The molecule has 1 aromatic carbocycles. The Morgan fingerprint density at radius 1 is 1.33 bits per heavy atom. The summed E-state index contributed by atoms with van der Waals surface area (Å²) in [7, 11) is 0. The zero-order valence-corrected chi connectivity index (χ0v) is 7.68. The Labute approximate surface area is 84.7 Å². The van der Waals surface area contributed by atoms with E-state index in [2.05, 4.69) is 10.1 Å². The van der Waals surface area contributed by atoms with Crippen LogP contribution in [0.4, 0.5) is 4.39 Å². The van der Waals surface area contributed by atoms with Gasteiger partial charge in [0.15, 0.2) is 5.82 Å². The molecule has 15 heavy (non-hydrogen) atoms. The van der Waals surface area contributed by atoms with E-state index in [4.69, 9.17) is 4.52 Å². The van der Waals surface area contributed by atoms with Crippen molar-refractivity contribution in [2.75, 3.05) is 0 Å². The standard InChI is InChI=1S/C10H7FN2O2/c11-8-3-1-7(2-4-8)10-12-9(5-6-14)13-15-10/h1-4,6H,5H2. The minimum absolute atomic E-state index is 0.116. The van der Waals surface area contributed by atoms with Crippen molar-refractivity contribution < 1.29 is 13.7 Å². The van der Waals surface area contributed by atoms with Crippen molar-refractivity contribution in [1.29, 1.82) is 0 Å². The normalized spacial score (nSPS) is 10.2. The molecule has 2 rings (SSSR count). The van der Waals surface area contributed by atoms with Crippen LogP contribution in [0, 0.1) is 5.82 Å². The average molecular weight is 206 g/mol. The molecule has 0 saturated heterocycles. The number of aromatic nitrogens is 2. The molecule has 0 spiro atoms. The van der Waals surface area contributed by atoms with Crippen LogP contribution in [0.25, 0.3) is 11.5 Å². The summed E-state index contributed by atoms with van der Waals surface area (Å²) in [6.45, 7) is 0. The molecular weight excluding hydrogens is 199 g/mol. The van der Waals surface area contributed by atoms with Gasteiger partial charge in [0.1, 0.15) is 12.1 Å². The molecule has 5 heteroatoms. The molecule has 0 amide bonds. The zero-order valence-electron chi connectivity index (χ0n) is 7.68. The van der Waals surface area contributed by atoms with Crippen molar-refractivity contribution in [3.05, 3.63) is 35.9 Å². The second-order valence-corrected chi connectivity index (χ2v) is 2.89. The van der Waals surface area contributed by atoms with Gasteiger partial charge < -0.3 is 9.32 Å². The molecule has 0 unspecified atom stereocenters. The largest absolute Gasteiger partial charge is 0.334 e. The number of carbonyl (C=O) groups excluding carboxylic acids is 1. The lowest BCUT2D eigenvalue weighted by molar-refractivity contribution is -0.107. The number of benzene rings is 1. The number of rotatable bonds is 3. The van der Waals surface area contributed by atoms with Gasteiger partial charge in [-0.05, 0) is 24.3 Å². The first-order valence-corrected chi connectivity index (χ1v) is 4.32. The Bertz CT molecular complexity index is 465. The monoisotopic (exact) mass is 206 g/mol. The third kappa shape index (κ3) is 2.07. The molecule has 0 fully saturated rings. The molecule has 0 N–H and O–H groups in total. The molecule has 0 aliphatic carbocycles. The lowest BCUT2D eigenvalue weighted by Gasteiger charge is -1.92. The predicted octanol–water partition coefficient (Wildman–Crippen LogP) is 1.62. The van der Waals surface area contributed by atoms with Gasteiger partial charge >= 0.3 is 0 Å². The van der Waals surface area contributed by atoms with Gasteiger partial charge in [0.2, 0.25) is 0 Å². The van der Waals surface area contributed by atoms with Gasteiger partial charge in [-0.3, -0.25) is 0 Å². The minimum Gasteiger partial charge on any atom is -0.334 e. The maximum Gasteiger partial charge on any atom is 0.257 e. The first-order chi connectivity index (χ1) is 7.29. The number of hydrogen-bond donors (Lipinski definition) is 0. The minimum atomic E-state index is -0.327. The van der Waals surface area contributed by atoms with E-state index in [1.165, 1.54) is 24.3 Å². The summed E-state index contributed by atoms with van der Waals surface area (Å²) >= 11 is 0. The smallest absolute Gasteiger partial charge is 0.257 e. The third-order valence-corrected chi connectivity index (χ3v) is 1.83.